The zero-order valence-electron chi connectivity index (χ0n) is 10.8. The van der Waals surface area contributed by atoms with Crippen LogP contribution in [-0.2, 0) is 16.0 Å². The summed E-state index contributed by atoms with van der Waals surface area (Å²) in [4.78, 5) is 24.3. The SMILES string of the molecule is O=C(O)C1CCCN1C(=O)CCc1cc(F)ccc1F. The topological polar surface area (TPSA) is 57.6 Å². The number of benzene rings is 1. The number of carboxylic acids is 1. The Labute approximate surface area is 115 Å². The highest BCUT2D eigenvalue weighted by Gasteiger charge is 2.33. The average molecular weight is 283 g/mol. The molecule has 1 atom stereocenters. The molecule has 1 saturated heterocycles. The molecule has 0 saturated carbocycles. The second kappa shape index (κ2) is 5.98. The highest BCUT2D eigenvalue weighted by molar-refractivity contribution is 5.84. The summed E-state index contributed by atoms with van der Waals surface area (Å²) in [5.41, 5.74) is 0.129. The van der Waals surface area contributed by atoms with Gasteiger partial charge < -0.3 is 10.0 Å². The Kier molecular flexibility index (Phi) is 4.32. The van der Waals surface area contributed by atoms with Gasteiger partial charge in [-0.1, -0.05) is 0 Å². The molecule has 6 heteroatoms. The maximum Gasteiger partial charge on any atom is 0.326 e. The fourth-order valence-corrected chi connectivity index (χ4v) is 2.44. The third kappa shape index (κ3) is 3.12. The van der Waals surface area contributed by atoms with Crippen molar-refractivity contribution in [2.75, 3.05) is 6.54 Å². The minimum Gasteiger partial charge on any atom is -0.480 e. The van der Waals surface area contributed by atoms with E-state index < -0.39 is 23.6 Å². The van der Waals surface area contributed by atoms with Gasteiger partial charge in [0.25, 0.3) is 0 Å². The highest BCUT2D eigenvalue weighted by Crippen LogP contribution is 2.20. The van der Waals surface area contributed by atoms with Crippen molar-refractivity contribution >= 4 is 11.9 Å². The lowest BCUT2D eigenvalue weighted by molar-refractivity contribution is -0.148. The van der Waals surface area contributed by atoms with Gasteiger partial charge in [-0.2, -0.15) is 0 Å². The molecule has 0 radical (unpaired) electrons. The molecule has 1 heterocycles. The van der Waals surface area contributed by atoms with E-state index in [0.717, 1.165) is 18.2 Å². The first kappa shape index (κ1) is 14.4. The van der Waals surface area contributed by atoms with Crippen LogP contribution in [-0.4, -0.2) is 34.5 Å². The number of carbonyl (C=O) groups is 2. The monoisotopic (exact) mass is 283 g/mol. The molecule has 108 valence electrons. The molecule has 2 rings (SSSR count). The van der Waals surface area contributed by atoms with Gasteiger partial charge in [-0.25, -0.2) is 13.6 Å². The summed E-state index contributed by atoms with van der Waals surface area (Å²) in [6, 6.07) is 2.30. The van der Waals surface area contributed by atoms with Crippen molar-refractivity contribution in [2.24, 2.45) is 0 Å². The highest BCUT2D eigenvalue weighted by atomic mass is 19.1. The first-order valence-corrected chi connectivity index (χ1v) is 6.45. The molecule has 1 aliphatic rings. The fourth-order valence-electron chi connectivity index (χ4n) is 2.44. The predicted molar refractivity (Wildman–Crippen MR) is 67.0 cm³/mol. The number of rotatable bonds is 4. The maximum absolute atomic E-state index is 13.4. The molecule has 1 amide bonds. The van der Waals surface area contributed by atoms with Crippen LogP contribution in [0.4, 0.5) is 8.78 Å². The molecule has 1 aromatic carbocycles. The van der Waals surface area contributed by atoms with E-state index in [1.807, 2.05) is 0 Å². The number of carbonyl (C=O) groups excluding carboxylic acids is 1. The minimum atomic E-state index is -1.02. The molecule has 1 unspecified atom stereocenters. The first-order valence-electron chi connectivity index (χ1n) is 6.45. The van der Waals surface area contributed by atoms with Crippen LogP contribution in [0.25, 0.3) is 0 Å². The Bertz CT molecular complexity index is 533. The maximum atomic E-state index is 13.4. The quantitative estimate of drug-likeness (QED) is 0.919. The van der Waals surface area contributed by atoms with Crippen molar-refractivity contribution in [1.82, 2.24) is 4.90 Å². The molecule has 20 heavy (non-hydrogen) atoms. The van der Waals surface area contributed by atoms with Gasteiger partial charge in [-0.05, 0) is 43.0 Å². The van der Waals surface area contributed by atoms with Crippen LogP contribution in [0, 0.1) is 11.6 Å². The first-order chi connectivity index (χ1) is 9.49. The summed E-state index contributed by atoms with van der Waals surface area (Å²) in [5, 5.41) is 8.99. The van der Waals surface area contributed by atoms with E-state index >= 15 is 0 Å². The van der Waals surface area contributed by atoms with Crippen molar-refractivity contribution < 1.29 is 23.5 Å². The van der Waals surface area contributed by atoms with Crippen LogP contribution in [0.3, 0.4) is 0 Å². The summed E-state index contributed by atoms with van der Waals surface area (Å²) in [6.45, 7) is 0.404. The van der Waals surface area contributed by atoms with Crippen molar-refractivity contribution in [2.45, 2.75) is 31.7 Å². The molecule has 4 nitrogen and oxygen atoms in total. The predicted octanol–water partition coefficient (Wildman–Crippen LogP) is 1.97. The lowest BCUT2D eigenvalue weighted by atomic mass is 10.1. The number of hydrogen-bond donors (Lipinski definition) is 1. The average Bonchev–Trinajstić information content (AvgIpc) is 2.89. The van der Waals surface area contributed by atoms with Crippen molar-refractivity contribution in [3.63, 3.8) is 0 Å². The lowest BCUT2D eigenvalue weighted by Crippen LogP contribution is -2.40. The van der Waals surface area contributed by atoms with Crippen molar-refractivity contribution in [1.29, 1.82) is 0 Å². The Morgan fingerprint density at radius 2 is 2.10 bits per heavy atom. The van der Waals surface area contributed by atoms with Crippen LogP contribution in [0.2, 0.25) is 0 Å². The van der Waals surface area contributed by atoms with Crippen molar-refractivity contribution in [3.8, 4) is 0 Å². The third-order valence-electron chi connectivity index (χ3n) is 3.47. The lowest BCUT2D eigenvalue weighted by Gasteiger charge is -2.21. The van der Waals surface area contributed by atoms with Gasteiger partial charge in [0.15, 0.2) is 0 Å². The van der Waals surface area contributed by atoms with Crippen LogP contribution in [0.15, 0.2) is 18.2 Å². The van der Waals surface area contributed by atoms with Crippen LogP contribution >= 0.6 is 0 Å². The van der Waals surface area contributed by atoms with Gasteiger partial charge >= 0.3 is 5.97 Å². The number of hydrogen-bond acceptors (Lipinski definition) is 2. The smallest absolute Gasteiger partial charge is 0.326 e. The van der Waals surface area contributed by atoms with E-state index in [9.17, 15) is 18.4 Å². The summed E-state index contributed by atoms with van der Waals surface area (Å²) in [6.07, 6.45) is 1.13. The number of likely N-dealkylation sites (tertiary alicyclic amines) is 1. The van der Waals surface area contributed by atoms with E-state index in [1.165, 1.54) is 4.90 Å². The molecule has 1 aliphatic heterocycles. The number of amides is 1. The Balaban J connectivity index is 1.98. The van der Waals surface area contributed by atoms with Gasteiger partial charge in [-0.15, -0.1) is 0 Å². The minimum absolute atomic E-state index is 0.0237. The number of nitrogens with zero attached hydrogens (tertiary/aromatic N) is 1. The Morgan fingerprint density at radius 1 is 1.35 bits per heavy atom. The molecular weight excluding hydrogens is 268 g/mol. The summed E-state index contributed by atoms with van der Waals surface area (Å²) in [5.74, 6) is -2.47. The van der Waals surface area contributed by atoms with E-state index in [0.29, 0.717) is 19.4 Å². The van der Waals surface area contributed by atoms with E-state index in [2.05, 4.69) is 0 Å². The Morgan fingerprint density at radius 3 is 2.80 bits per heavy atom. The molecule has 0 aliphatic carbocycles. The van der Waals surface area contributed by atoms with Gasteiger partial charge in [0.05, 0.1) is 0 Å². The molecule has 0 bridgehead atoms. The van der Waals surface area contributed by atoms with Gasteiger partial charge in [-0.3, -0.25) is 4.79 Å². The molecule has 1 aromatic rings. The van der Waals surface area contributed by atoms with Gasteiger partial charge in [0.1, 0.15) is 17.7 Å². The molecular formula is C14H15F2NO3. The zero-order chi connectivity index (χ0) is 14.7. The van der Waals surface area contributed by atoms with Crippen LogP contribution in [0.5, 0.6) is 0 Å². The zero-order valence-corrected chi connectivity index (χ0v) is 10.8. The summed E-state index contributed by atoms with van der Waals surface area (Å²) in [7, 11) is 0. The third-order valence-corrected chi connectivity index (χ3v) is 3.47. The second-order valence-corrected chi connectivity index (χ2v) is 4.82. The summed E-state index contributed by atoms with van der Waals surface area (Å²) >= 11 is 0. The summed E-state index contributed by atoms with van der Waals surface area (Å²) < 4.78 is 26.4. The second-order valence-electron chi connectivity index (χ2n) is 4.82. The fraction of sp³-hybridized carbons (Fsp3) is 0.429. The number of aliphatic carboxylic acids is 1. The van der Waals surface area contributed by atoms with Crippen LogP contribution < -0.4 is 0 Å². The normalized spacial score (nSPS) is 18.3. The number of carboxylic acid groups (broad SMARTS) is 1. The molecule has 1 fully saturated rings. The Hall–Kier alpha value is -1.98. The molecule has 0 aromatic heterocycles. The van der Waals surface area contributed by atoms with Crippen molar-refractivity contribution in [3.05, 3.63) is 35.4 Å². The van der Waals surface area contributed by atoms with Gasteiger partial charge in [0.2, 0.25) is 5.91 Å². The molecule has 1 N–H and O–H groups in total. The van der Waals surface area contributed by atoms with Gasteiger partial charge in [0, 0.05) is 13.0 Å². The van der Waals surface area contributed by atoms with E-state index in [4.69, 9.17) is 5.11 Å². The number of halogens is 2. The van der Waals surface area contributed by atoms with E-state index in [-0.39, 0.29) is 24.3 Å². The largest absolute Gasteiger partial charge is 0.480 e. The number of aryl methyl sites for hydroxylation is 1. The molecule has 0 spiro atoms. The standard InChI is InChI=1S/C14H15F2NO3/c15-10-4-5-11(16)9(8-10)3-6-13(18)17-7-1-2-12(17)14(19)20/h4-5,8,12H,1-3,6-7H2,(H,19,20). The van der Waals surface area contributed by atoms with Crippen LogP contribution in [0.1, 0.15) is 24.8 Å². The van der Waals surface area contributed by atoms with E-state index in [1.54, 1.807) is 0 Å².